The monoisotopic (exact) mass is 267 g/mol. The molecule has 0 saturated heterocycles. The first kappa shape index (κ1) is 13.0. The van der Waals surface area contributed by atoms with E-state index < -0.39 is 5.60 Å². The molecule has 1 aromatic rings. The number of nitrogens with one attached hydrogen (secondary N) is 2. The highest BCUT2D eigenvalue weighted by atomic mass is 32.1. The minimum absolute atomic E-state index is 0.0460. The van der Waals surface area contributed by atoms with Crippen molar-refractivity contribution >= 4 is 18.3 Å². The second-order valence-electron chi connectivity index (χ2n) is 5.44. The van der Waals surface area contributed by atoms with Gasteiger partial charge in [0.2, 0.25) is 0 Å². The Labute approximate surface area is 111 Å². The van der Waals surface area contributed by atoms with Gasteiger partial charge < -0.3 is 15.0 Å². The molecular weight excluding hydrogens is 250 g/mol. The molecule has 18 heavy (non-hydrogen) atoms. The molecule has 1 atom stereocenters. The van der Waals surface area contributed by atoms with Crippen LogP contribution in [0.15, 0.2) is 6.20 Å². The fraction of sp³-hybridized carbons (Fsp3) is 0.583. The Morgan fingerprint density at radius 2 is 2.28 bits per heavy atom. The van der Waals surface area contributed by atoms with E-state index in [9.17, 15) is 4.79 Å². The van der Waals surface area contributed by atoms with Gasteiger partial charge in [-0.15, -0.1) is 0 Å². The Bertz CT molecular complexity index is 519. The standard InChI is InChI=1S/C12H17N3O2S/c1-12(2,3)17-11(16)14-8-4-7-6-13-10(18)15-9(7)5-8/h6,8H,4-5H2,1-3H3,(H,14,16)(H,13,15,18). The molecule has 6 heteroatoms. The number of aromatic nitrogens is 2. The van der Waals surface area contributed by atoms with E-state index in [2.05, 4.69) is 15.3 Å². The van der Waals surface area contributed by atoms with Crippen LogP contribution in [0, 0.1) is 4.77 Å². The number of carbonyl (C=O) groups is 1. The maximum absolute atomic E-state index is 11.7. The average molecular weight is 267 g/mol. The van der Waals surface area contributed by atoms with Crippen LogP contribution >= 0.6 is 12.2 Å². The molecule has 1 unspecified atom stereocenters. The quantitative estimate of drug-likeness (QED) is 0.765. The maximum Gasteiger partial charge on any atom is 0.407 e. The number of nitrogens with zero attached hydrogens (tertiary/aromatic N) is 1. The molecule has 2 N–H and O–H groups in total. The van der Waals surface area contributed by atoms with Gasteiger partial charge in [0, 0.05) is 24.4 Å². The summed E-state index contributed by atoms with van der Waals surface area (Å²) in [5.41, 5.74) is 1.68. The van der Waals surface area contributed by atoms with Crippen LogP contribution < -0.4 is 5.32 Å². The molecule has 98 valence electrons. The van der Waals surface area contributed by atoms with Crippen molar-refractivity contribution in [3.05, 3.63) is 22.2 Å². The van der Waals surface area contributed by atoms with Gasteiger partial charge in [-0.25, -0.2) is 9.78 Å². The zero-order chi connectivity index (χ0) is 13.3. The third kappa shape index (κ3) is 3.29. The van der Waals surface area contributed by atoms with Crippen LogP contribution in [0.2, 0.25) is 0 Å². The summed E-state index contributed by atoms with van der Waals surface area (Å²) >= 11 is 4.97. The summed E-state index contributed by atoms with van der Waals surface area (Å²) in [6.45, 7) is 5.53. The summed E-state index contributed by atoms with van der Waals surface area (Å²) in [7, 11) is 0. The Morgan fingerprint density at radius 3 is 2.94 bits per heavy atom. The zero-order valence-corrected chi connectivity index (χ0v) is 11.6. The summed E-state index contributed by atoms with van der Waals surface area (Å²) in [5.74, 6) is 0. The Kier molecular flexibility index (Phi) is 3.38. The van der Waals surface area contributed by atoms with Crippen molar-refractivity contribution < 1.29 is 9.53 Å². The number of ether oxygens (including phenoxy) is 1. The van der Waals surface area contributed by atoms with Crippen molar-refractivity contribution in [3.63, 3.8) is 0 Å². The number of fused-ring (bicyclic) bond motifs is 1. The topological polar surface area (TPSA) is 67.0 Å². The normalized spacial score (nSPS) is 18.3. The lowest BCUT2D eigenvalue weighted by Gasteiger charge is -2.21. The molecule has 1 aromatic heterocycles. The lowest BCUT2D eigenvalue weighted by atomic mass is 10.2. The summed E-state index contributed by atoms with van der Waals surface area (Å²) in [6.07, 6.45) is 2.88. The predicted octanol–water partition coefficient (Wildman–Crippen LogP) is 2.13. The molecule has 0 aromatic carbocycles. The molecule has 1 heterocycles. The van der Waals surface area contributed by atoms with Gasteiger partial charge in [-0.05, 0) is 45.0 Å². The number of amides is 1. The van der Waals surface area contributed by atoms with Gasteiger partial charge >= 0.3 is 6.09 Å². The molecule has 0 fully saturated rings. The summed E-state index contributed by atoms with van der Waals surface area (Å²) in [5, 5.41) is 2.86. The highest BCUT2D eigenvalue weighted by molar-refractivity contribution is 7.71. The van der Waals surface area contributed by atoms with E-state index in [4.69, 9.17) is 17.0 Å². The van der Waals surface area contributed by atoms with Crippen LogP contribution in [0.4, 0.5) is 4.79 Å². The van der Waals surface area contributed by atoms with Gasteiger partial charge in [0.1, 0.15) is 5.60 Å². The zero-order valence-electron chi connectivity index (χ0n) is 10.7. The molecule has 0 spiro atoms. The van der Waals surface area contributed by atoms with Gasteiger partial charge in [0.05, 0.1) is 0 Å². The van der Waals surface area contributed by atoms with E-state index in [-0.39, 0.29) is 12.1 Å². The minimum atomic E-state index is -0.475. The van der Waals surface area contributed by atoms with Crippen molar-refractivity contribution in [2.75, 3.05) is 0 Å². The number of carbonyl (C=O) groups excluding carboxylic acids is 1. The van der Waals surface area contributed by atoms with Crippen molar-refractivity contribution in [1.82, 2.24) is 15.3 Å². The van der Waals surface area contributed by atoms with Crippen LogP contribution in [0.5, 0.6) is 0 Å². The smallest absolute Gasteiger partial charge is 0.407 e. The fourth-order valence-corrected chi connectivity index (χ4v) is 2.15. The van der Waals surface area contributed by atoms with Crippen LogP contribution in [-0.2, 0) is 17.6 Å². The summed E-state index contributed by atoms with van der Waals surface area (Å²) in [4.78, 5) is 18.7. The lowest BCUT2D eigenvalue weighted by Crippen LogP contribution is -2.39. The first-order valence-corrected chi connectivity index (χ1v) is 6.31. The molecule has 0 saturated carbocycles. The highest BCUT2D eigenvalue weighted by Crippen LogP contribution is 2.19. The largest absolute Gasteiger partial charge is 0.444 e. The molecule has 1 aliphatic rings. The lowest BCUT2D eigenvalue weighted by molar-refractivity contribution is 0.0506. The number of aromatic amines is 1. The number of H-pyrrole nitrogens is 1. The SMILES string of the molecule is CC(C)(C)OC(=O)NC1Cc2cnc(=S)[nH]c2C1. The van der Waals surface area contributed by atoms with Crippen molar-refractivity contribution in [3.8, 4) is 0 Å². The summed E-state index contributed by atoms with van der Waals surface area (Å²) in [6, 6.07) is 0.0460. The van der Waals surface area contributed by atoms with Crippen LogP contribution in [0.3, 0.4) is 0 Å². The number of hydrogen-bond acceptors (Lipinski definition) is 4. The molecule has 0 aliphatic heterocycles. The first-order chi connectivity index (χ1) is 8.33. The van der Waals surface area contributed by atoms with Crippen LogP contribution in [0.1, 0.15) is 32.0 Å². The van der Waals surface area contributed by atoms with Gasteiger partial charge in [-0.2, -0.15) is 0 Å². The fourth-order valence-electron chi connectivity index (χ4n) is 1.97. The van der Waals surface area contributed by atoms with Gasteiger partial charge in [-0.3, -0.25) is 0 Å². The van der Waals surface area contributed by atoms with Crippen molar-refractivity contribution in [2.45, 2.75) is 45.3 Å². The van der Waals surface area contributed by atoms with E-state index in [1.807, 2.05) is 20.8 Å². The van der Waals surface area contributed by atoms with Crippen LogP contribution in [0.25, 0.3) is 0 Å². The third-order valence-electron chi connectivity index (χ3n) is 2.62. The summed E-state index contributed by atoms with van der Waals surface area (Å²) < 4.78 is 5.70. The van der Waals surface area contributed by atoms with Crippen molar-refractivity contribution in [2.24, 2.45) is 0 Å². The van der Waals surface area contributed by atoms with E-state index in [1.165, 1.54) is 0 Å². The maximum atomic E-state index is 11.7. The Morgan fingerprint density at radius 1 is 1.56 bits per heavy atom. The first-order valence-electron chi connectivity index (χ1n) is 5.90. The predicted molar refractivity (Wildman–Crippen MR) is 70.0 cm³/mol. The van der Waals surface area contributed by atoms with E-state index in [0.717, 1.165) is 24.1 Å². The highest BCUT2D eigenvalue weighted by Gasteiger charge is 2.25. The molecule has 5 nitrogen and oxygen atoms in total. The minimum Gasteiger partial charge on any atom is -0.444 e. The van der Waals surface area contributed by atoms with Gasteiger partial charge in [-0.1, -0.05) is 0 Å². The third-order valence-corrected chi connectivity index (χ3v) is 2.83. The van der Waals surface area contributed by atoms with E-state index in [0.29, 0.717) is 4.77 Å². The number of hydrogen-bond donors (Lipinski definition) is 2. The second kappa shape index (κ2) is 4.68. The Hall–Kier alpha value is -1.43. The van der Waals surface area contributed by atoms with Gasteiger partial charge in [0.25, 0.3) is 0 Å². The molecule has 0 radical (unpaired) electrons. The molecule has 1 amide bonds. The Balaban J connectivity index is 1.96. The molecule has 0 bridgehead atoms. The molecular formula is C12H17N3O2S. The molecule has 1 aliphatic carbocycles. The second-order valence-corrected chi connectivity index (χ2v) is 5.83. The van der Waals surface area contributed by atoms with Crippen LogP contribution in [-0.4, -0.2) is 27.7 Å². The van der Waals surface area contributed by atoms with Gasteiger partial charge in [0.15, 0.2) is 4.77 Å². The number of alkyl carbamates (subject to hydrolysis) is 1. The molecule has 2 rings (SSSR count). The van der Waals surface area contributed by atoms with E-state index >= 15 is 0 Å². The average Bonchev–Trinajstić information content (AvgIpc) is 2.55. The van der Waals surface area contributed by atoms with E-state index in [1.54, 1.807) is 6.20 Å². The van der Waals surface area contributed by atoms with Crippen molar-refractivity contribution in [1.29, 1.82) is 0 Å². The number of rotatable bonds is 1.